The third kappa shape index (κ3) is 7.98. The topological polar surface area (TPSA) is 131 Å². The van der Waals surface area contributed by atoms with E-state index in [4.69, 9.17) is 0 Å². The Bertz CT molecular complexity index is 1810. The molecule has 1 aliphatic rings. The number of fused-ring (bicyclic) bond motifs is 1. The summed E-state index contributed by atoms with van der Waals surface area (Å²) >= 11 is 0. The molecule has 10 nitrogen and oxygen atoms in total. The summed E-state index contributed by atoms with van der Waals surface area (Å²) < 4.78 is 69.7. The normalized spacial score (nSPS) is 17.1. The van der Waals surface area contributed by atoms with Crippen LogP contribution in [0.5, 0.6) is 0 Å². The number of nitrogens with zero attached hydrogens (tertiary/aromatic N) is 4. The van der Waals surface area contributed by atoms with E-state index < -0.39 is 33.0 Å². The number of benzene rings is 2. The fourth-order valence-corrected chi connectivity index (χ4v) is 6.69. The number of hydrogen-bond acceptors (Lipinski definition) is 8. The van der Waals surface area contributed by atoms with Crippen LogP contribution in [0.1, 0.15) is 57.6 Å². The van der Waals surface area contributed by atoms with Gasteiger partial charge < -0.3 is 10.6 Å². The first-order valence-corrected chi connectivity index (χ1v) is 16.6. The highest BCUT2D eigenvalue weighted by atomic mass is 32.2. The van der Waals surface area contributed by atoms with E-state index in [2.05, 4.69) is 30.3 Å². The van der Waals surface area contributed by atoms with E-state index in [9.17, 15) is 22.0 Å². The molecule has 0 unspecified atom stereocenters. The van der Waals surface area contributed by atoms with Crippen LogP contribution in [0.15, 0.2) is 53.5 Å². The van der Waals surface area contributed by atoms with Gasteiger partial charge in [-0.05, 0) is 82.3 Å². The van der Waals surface area contributed by atoms with Crippen LogP contribution in [0.2, 0.25) is 0 Å². The molecule has 0 amide bonds. The lowest BCUT2D eigenvalue weighted by Crippen LogP contribution is -2.37. The Labute approximate surface area is 259 Å². The van der Waals surface area contributed by atoms with Crippen molar-refractivity contribution in [2.24, 2.45) is 0 Å². The maximum absolute atomic E-state index is 15.2. The number of hydrogen-bond donors (Lipinski definition) is 3. The second-order valence-corrected chi connectivity index (χ2v) is 13.2. The molecule has 14 heteroatoms. The van der Waals surface area contributed by atoms with Gasteiger partial charge in [-0.15, -0.1) is 0 Å². The fraction of sp³-hybridized carbons (Fsp3) is 0.419. The first-order valence-electron chi connectivity index (χ1n) is 14.9. The van der Waals surface area contributed by atoms with Gasteiger partial charge in [0.05, 0.1) is 24.3 Å². The highest BCUT2D eigenvalue weighted by Crippen LogP contribution is 2.26. The zero-order valence-corrected chi connectivity index (χ0v) is 25.9. The predicted octanol–water partition coefficient (Wildman–Crippen LogP) is 5.33. The van der Waals surface area contributed by atoms with Gasteiger partial charge in [-0.1, -0.05) is 18.2 Å². The Kier molecular flexibility index (Phi) is 10.0. The van der Waals surface area contributed by atoms with Crippen LogP contribution in [0.25, 0.3) is 22.4 Å². The molecule has 2 aromatic carbocycles. The number of anilines is 2. The van der Waals surface area contributed by atoms with Gasteiger partial charge in [-0.3, -0.25) is 18.5 Å². The molecule has 0 atom stereocenters. The van der Waals surface area contributed by atoms with Gasteiger partial charge in [-0.2, -0.15) is 4.98 Å². The molecule has 0 aliphatic heterocycles. The smallest absolute Gasteiger partial charge is 0.278 e. The van der Waals surface area contributed by atoms with Crippen LogP contribution in [-0.4, -0.2) is 53.2 Å². The van der Waals surface area contributed by atoms with Gasteiger partial charge in [0.15, 0.2) is 5.65 Å². The monoisotopic (exact) mass is 643 g/mol. The summed E-state index contributed by atoms with van der Waals surface area (Å²) in [5.74, 6) is -1.49. The minimum absolute atomic E-state index is 0.0290. The highest BCUT2D eigenvalue weighted by molar-refractivity contribution is 7.91. The first kappa shape index (κ1) is 32.4. The lowest BCUT2D eigenvalue weighted by atomic mass is 9.91. The van der Waals surface area contributed by atoms with Gasteiger partial charge in [0.1, 0.15) is 22.8 Å². The van der Waals surface area contributed by atoms with Gasteiger partial charge in [0.25, 0.3) is 5.56 Å². The van der Waals surface area contributed by atoms with E-state index in [1.54, 1.807) is 0 Å². The van der Waals surface area contributed by atoms with Crippen molar-refractivity contribution in [1.82, 2.24) is 24.8 Å². The highest BCUT2D eigenvalue weighted by Gasteiger charge is 2.23. The number of sulfonamides is 1. The lowest BCUT2D eigenvalue weighted by Gasteiger charge is -2.29. The van der Waals surface area contributed by atoms with E-state index >= 15 is 4.39 Å². The summed E-state index contributed by atoms with van der Waals surface area (Å²) in [7, 11) is -4.01. The molecular weight excluding hydrogens is 607 g/mol. The molecule has 45 heavy (non-hydrogen) atoms. The van der Waals surface area contributed by atoms with Crippen LogP contribution < -0.4 is 20.9 Å². The van der Waals surface area contributed by atoms with Crippen molar-refractivity contribution in [2.75, 3.05) is 23.3 Å². The summed E-state index contributed by atoms with van der Waals surface area (Å²) in [6.45, 7) is 4.01. The van der Waals surface area contributed by atoms with Crippen molar-refractivity contribution in [1.29, 1.82) is 0 Å². The average Bonchev–Trinajstić information content (AvgIpc) is 3.00. The van der Waals surface area contributed by atoms with Crippen molar-refractivity contribution < 1.29 is 21.6 Å². The van der Waals surface area contributed by atoms with Crippen molar-refractivity contribution in [3.63, 3.8) is 0 Å². The Hall–Kier alpha value is -4.04. The van der Waals surface area contributed by atoms with Gasteiger partial charge >= 0.3 is 0 Å². The van der Waals surface area contributed by atoms with Crippen molar-refractivity contribution >= 4 is 32.8 Å². The molecule has 2 heterocycles. The van der Waals surface area contributed by atoms with Crippen LogP contribution in [-0.2, 0) is 15.8 Å². The molecule has 2 aromatic heterocycles. The van der Waals surface area contributed by atoms with Crippen molar-refractivity contribution in [3.8, 4) is 11.3 Å². The predicted molar refractivity (Wildman–Crippen MR) is 168 cm³/mol. The number of halogens is 3. The van der Waals surface area contributed by atoms with E-state index in [0.29, 0.717) is 41.7 Å². The van der Waals surface area contributed by atoms with Crippen LogP contribution in [0.3, 0.4) is 0 Å². The second kappa shape index (κ2) is 13.9. The molecule has 1 saturated carbocycles. The number of rotatable bonds is 12. The van der Waals surface area contributed by atoms with Gasteiger partial charge in [-0.25, -0.2) is 27.2 Å². The Morgan fingerprint density at radius 1 is 1.00 bits per heavy atom. The number of aromatic nitrogens is 4. The molecule has 0 saturated heterocycles. The molecule has 0 spiro atoms. The Morgan fingerprint density at radius 2 is 1.71 bits per heavy atom. The lowest BCUT2D eigenvalue weighted by molar-refractivity contribution is 0.344. The molecule has 1 fully saturated rings. The summed E-state index contributed by atoms with van der Waals surface area (Å²) in [6.07, 6.45) is 5.72. The Balaban J connectivity index is 1.35. The summed E-state index contributed by atoms with van der Waals surface area (Å²) in [5, 5.41) is 6.76. The Morgan fingerprint density at radius 3 is 2.38 bits per heavy atom. The van der Waals surface area contributed by atoms with E-state index in [0.717, 1.165) is 43.9 Å². The number of alkyl halides is 1. The molecule has 1 aliphatic carbocycles. The molecule has 240 valence electrons. The minimum atomic E-state index is -4.01. The molecular formula is C31H36F3N7O3S. The average molecular weight is 644 g/mol. The van der Waals surface area contributed by atoms with Gasteiger partial charge in [0.2, 0.25) is 16.0 Å². The van der Waals surface area contributed by atoms with Crippen molar-refractivity contribution in [3.05, 3.63) is 76.2 Å². The summed E-state index contributed by atoms with van der Waals surface area (Å²) in [5.41, 5.74) is 0.369. The quantitative estimate of drug-likeness (QED) is 0.177. The largest absolute Gasteiger partial charge is 0.351 e. The number of nitrogens with one attached hydrogen (secondary N) is 3. The zero-order chi connectivity index (χ0) is 32.1. The summed E-state index contributed by atoms with van der Waals surface area (Å²) in [4.78, 5) is 27.2. The molecule has 5 rings (SSSR count). The third-order valence-electron chi connectivity index (χ3n) is 7.73. The fourth-order valence-electron chi connectivity index (χ4n) is 5.48. The van der Waals surface area contributed by atoms with Crippen LogP contribution in [0, 0.1) is 11.6 Å². The molecule has 0 bridgehead atoms. The van der Waals surface area contributed by atoms with Crippen LogP contribution in [0.4, 0.5) is 24.8 Å². The van der Waals surface area contributed by atoms with E-state index in [1.165, 1.54) is 35.0 Å². The van der Waals surface area contributed by atoms with Crippen molar-refractivity contribution in [2.45, 2.75) is 69.8 Å². The molecule has 0 radical (unpaired) electrons. The van der Waals surface area contributed by atoms with Crippen LogP contribution >= 0.6 is 0 Å². The summed E-state index contributed by atoms with van der Waals surface area (Å²) in [6, 6.07) is 8.87. The molecule has 3 N–H and O–H groups in total. The van der Waals surface area contributed by atoms with E-state index in [1.807, 2.05) is 13.8 Å². The standard InChI is InChI=1S/C31H36F3N7O3S/c1-19(2)41-29-27(17-36-31(39-29)37-24-11-9-23(10-12-24)35-15-3-14-32)38-28(30(41)42)21-6-13-26(25(34)16-21)40-45(43,44)18-20-4-7-22(33)8-5-20/h4-8,13,16-17,19,23-24,35,40H,3,9-12,14-15,18H2,1-2H3,(H,36,37,39). The third-order valence-corrected chi connectivity index (χ3v) is 8.97. The van der Waals surface area contributed by atoms with E-state index in [-0.39, 0.29) is 35.7 Å². The SMILES string of the molecule is CC(C)n1c(=O)c(-c2ccc(NS(=O)(=O)Cc3ccc(F)cc3)c(F)c2)nc2cnc(NC3CCC(NCCCF)CC3)nc21. The molecule has 4 aromatic rings. The minimum Gasteiger partial charge on any atom is -0.351 e. The first-order chi connectivity index (χ1) is 21.5. The van der Waals surface area contributed by atoms with Gasteiger partial charge in [0, 0.05) is 23.7 Å². The maximum Gasteiger partial charge on any atom is 0.278 e. The maximum atomic E-state index is 15.2. The zero-order valence-electron chi connectivity index (χ0n) is 25.1. The second-order valence-electron chi connectivity index (χ2n) is 11.5.